The highest BCUT2D eigenvalue weighted by Crippen LogP contribution is 2.40. The molecule has 0 unspecified atom stereocenters. The highest BCUT2D eigenvalue weighted by atomic mass is 19.4. The van der Waals surface area contributed by atoms with Crippen molar-refractivity contribution < 1.29 is 17.7 Å². The average molecular weight is 354 g/mol. The molecule has 3 heterocycles. The molecule has 0 amide bonds. The third kappa shape index (κ3) is 3.73. The van der Waals surface area contributed by atoms with Gasteiger partial charge in [-0.2, -0.15) is 18.2 Å². The van der Waals surface area contributed by atoms with Crippen LogP contribution in [0.25, 0.3) is 0 Å². The lowest BCUT2D eigenvalue weighted by Gasteiger charge is -2.35. The number of halogens is 3. The summed E-state index contributed by atoms with van der Waals surface area (Å²) in [7, 11) is 0. The molecule has 2 aromatic rings. The SMILES string of the molecule is FC(F)(F)c1cc(N2CCN(Cc3ncon3)CC2)nc(C2CC2)n1. The maximum absolute atomic E-state index is 13.1. The Kier molecular flexibility index (Phi) is 4.06. The topological polar surface area (TPSA) is 71.2 Å². The van der Waals surface area contributed by atoms with Crippen molar-refractivity contribution in [2.45, 2.75) is 31.5 Å². The van der Waals surface area contributed by atoms with Gasteiger partial charge in [0.1, 0.15) is 17.3 Å². The number of rotatable bonds is 4. The summed E-state index contributed by atoms with van der Waals surface area (Å²) in [4.78, 5) is 16.1. The molecule has 2 fully saturated rings. The van der Waals surface area contributed by atoms with Crippen molar-refractivity contribution in [2.75, 3.05) is 31.1 Å². The van der Waals surface area contributed by atoms with E-state index in [2.05, 4.69) is 25.0 Å². The van der Waals surface area contributed by atoms with Crippen LogP contribution in [-0.2, 0) is 12.7 Å². The van der Waals surface area contributed by atoms with E-state index in [9.17, 15) is 13.2 Å². The van der Waals surface area contributed by atoms with Gasteiger partial charge in [-0.15, -0.1) is 0 Å². The number of aromatic nitrogens is 4. The maximum Gasteiger partial charge on any atom is 0.433 e. The Balaban J connectivity index is 1.47. The first kappa shape index (κ1) is 16.2. The molecule has 1 aliphatic heterocycles. The van der Waals surface area contributed by atoms with E-state index in [0.29, 0.717) is 50.2 Å². The smallest absolute Gasteiger partial charge is 0.354 e. The monoisotopic (exact) mass is 354 g/mol. The standard InChI is InChI=1S/C15H17F3N6O/c16-15(17,18)11-7-13(21-14(20-11)10-1-2-10)24-5-3-23(4-6-24)8-12-19-9-25-22-12/h7,9-10H,1-6,8H2. The Hall–Kier alpha value is -2.23. The second-order valence-electron chi connectivity index (χ2n) is 6.35. The van der Waals surface area contributed by atoms with Crippen LogP contribution in [0.4, 0.5) is 19.0 Å². The van der Waals surface area contributed by atoms with Gasteiger partial charge in [0, 0.05) is 38.2 Å². The molecule has 4 rings (SSSR count). The summed E-state index contributed by atoms with van der Waals surface area (Å²) in [5.74, 6) is 1.36. The van der Waals surface area contributed by atoms with Gasteiger partial charge in [-0.05, 0) is 12.8 Å². The Labute approximate surface area is 141 Å². The number of nitrogens with zero attached hydrogens (tertiary/aromatic N) is 6. The van der Waals surface area contributed by atoms with Gasteiger partial charge in [-0.1, -0.05) is 5.16 Å². The van der Waals surface area contributed by atoms with Crippen LogP contribution in [0, 0.1) is 0 Å². The normalized spacial score (nSPS) is 19.4. The minimum absolute atomic E-state index is 0.0700. The van der Waals surface area contributed by atoms with Gasteiger partial charge in [0.25, 0.3) is 0 Å². The van der Waals surface area contributed by atoms with Crippen molar-refractivity contribution in [1.29, 1.82) is 0 Å². The number of alkyl halides is 3. The molecule has 1 saturated heterocycles. The van der Waals surface area contributed by atoms with Crippen LogP contribution >= 0.6 is 0 Å². The zero-order valence-corrected chi connectivity index (χ0v) is 13.4. The number of hydrogen-bond donors (Lipinski definition) is 0. The van der Waals surface area contributed by atoms with Crippen LogP contribution in [0.3, 0.4) is 0 Å². The number of anilines is 1. The largest absolute Gasteiger partial charge is 0.433 e. The summed E-state index contributed by atoms with van der Waals surface area (Å²) >= 11 is 0. The van der Waals surface area contributed by atoms with E-state index in [1.165, 1.54) is 6.39 Å². The highest BCUT2D eigenvalue weighted by molar-refractivity contribution is 5.42. The predicted molar refractivity (Wildman–Crippen MR) is 80.8 cm³/mol. The highest BCUT2D eigenvalue weighted by Gasteiger charge is 2.37. The summed E-state index contributed by atoms with van der Waals surface area (Å²) in [6, 6.07) is 1.06. The summed E-state index contributed by atoms with van der Waals surface area (Å²) in [6.07, 6.45) is -1.45. The van der Waals surface area contributed by atoms with Crippen molar-refractivity contribution in [3.05, 3.63) is 29.8 Å². The van der Waals surface area contributed by atoms with E-state index in [1.54, 1.807) is 0 Å². The molecule has 0 radical (unpaired) electrons. The van der Waals surface area contributed by atoms with Crippen LogP contribution in [-0.4, -0.2) is 51.2 Å². The molecule has 25 heavy (non-hydrogen) atoms. The molecule has 0 bridgehead atoms. The number of piperazine rings is 1. The zero-order chi connectivity index (χ0) is 17.4. The van der Waals surface area contributed by atoms with Crippen molar-refractivity contribution in [3.63, 3.8) is 0 Å². The summed E-state index contributed by atoms with van der Waals surface area (Å²) < 4.78 is 44.1. The van der Waals surface area contributed by atoms with Crippen LogP contribution in [0.15, 0.2) is 17.0 Å². The van der Waals surface area contributed by atoms with Gasteiger partial charge < -0.3 is 9.42 Å². The van der Waals surface area contributed by atoms with E-state index < -0.39 is 11.9 Å². The van der Waals surface area contributed by atoms with Gasteiger partial charge in [0.2, 0.25) is 6.39 Å². The van der Waals surface area contributed by atoms with Gasteiger partial charge in [0.05, 0.1) is 6.54 Å². The van der Waals surface area contributed by atoms with Crippen LogP contribution in [0.2, 0.25) is 0 Å². The lowest BCUT2D eigenvalue weighted by molar-refractivity contribution is -0.141. The maximum atomic E-state index is 13.1. The fourth-order valence-electron chi connectivity index (χ4n) is 2.88. The quantitative estimate of drug-likeness (QED) is 0.832. The molecule has 10 heteroatoms. The molecule has 134 valence electrons. The van der Waals surface area contributed by atoms with Gasteiger partial charge >= 0.3 is 6.18 Å². The van der Waals surface area contributed by atoms with Crippen molar-refractivity contribution >= 4 is 5.82 Å². The number of hydrogen-bond acceptors (Lipinski definition) is 7. The van der Waals surface area contributed by atoms with Gasteiger partial charge in [-0.25, -0.2) is 9.97 Å². The molecule has 0 N–H and O–H groups in total. The van der Waals surface area contributed by atoms with Gasteiger partial charge in [-0.3, -0.25) is 4.90 Å². The lowest BCUT2D eigenvalue weighted by atomic mass is 10.2. The third-order valence-electron chi connectivity index (χ3n) is 4.43. The van der Waals surface area contributed by atoms with E-state index in [1.807, 2.05) is 4.90 Å². The Morgan fingerprint density at radius 3 is 2.48 bits per heavy atom. The predicted octanol–water partition coefficient (Wildman–Crippen LogP) is 2.08. The molecular weight excluding hydrogens is 337 g/mol. The second kappa shape index (κ2) is 6.25. The lowest BCUT2D eigenvalue weighted by Crippen LogP contribution is -2.46. The van der Waals surface area contributed by atoms with Crippen molar-refractivity contribution in [2.24, 2.45) is 0 Å². The molecule has 1 aliphatic carbocycles. The summed E-state index contributed by atoms with van der Waals surface area (Å²) in [6.45, 7) is 3.14. The molecule has 1 saturated carbocycles. The third-order valence-corrected chi connectivity index (χ3v) is 4.43. The Morgan fingerprint density at radius 1 is 1.12 bits per heavy atom. The molecular formula is C15H17F3N6O. The van der Waals surface area contributed by atoms with Crippen molar-refractivity contribution in [1.82, 2.24) is 25.0 Å². The van der Waals surface area contributed by atoms with Crippen LogP contribution < -0.4 is 4.90 Å². The molecule has 7 nitrogen and oxygen atoms in total. The molecule has 0 atom stereocenters. The summed E-state index contributed by atoms with van der Waals surface area (Å²) in [5, 5.41) is 3.78. The molecule has 2 aliphatic rings. The Morgan fingerprint density at radius 2 is 1.88 bits per heavy atom. The average Bonchev–Trinajstić information content (AvgIpc) is 3.32. The van der Waals surface area contributed by atoms with Crippen molar-refractivity contribution in [3.8, 4) is 0 Å². The first-order valence-corrected chi connectivity index (χ1v) is 8.18. The van der Waals surface area contributed by atoms with E-state index in [0.717, 1.165) is 18.9 Å². The first-order chi connectivity index (χ1) is 12.0. The van der Waals surface area contributed by atoms with Crippen LogP contribution in [0.5, 0.6) is 0 Å². The fourth-order valence-corrected chi connectivity index (χ4v) is 2.88. The zero-order valence-electron chi connectivity index (χ0n) is 13.4. The van der Waals surface area contributed by atoms with Gasteiger partial charge in [0.15, 0.2) is 5.82 Å². The Bertz CT molecular complexity index is 723. The molecule has 2 aromatic heterocycles. The second-order valence-corrected chi connectivity index (χ2v) is 6.35. The minimum atomic E-state index is -4.46. The van der Waals surface area contributed by atoms with Crippen LogP contribution in [0.1, 0.15) is 36.1 Å². The molecule has 0 aromatic carbocycles. The minimum Gasteiger partial charge on any atom is -0.354 e. The van der Waals surface area contributed by atoms with E-state index >= 15 is 0 Å². The van der Waals surface area contributed by atoms with E-state index in [4.69, 9.17) is 4.52 Å². The molecule has 0 spiro atoms. The summed E-state index contributed by atoms with van der Waals surface area (Å²) in [5.41, 5.74) is -0.853. The van der Waals surface area contributed by atoms with E-state index in [-0.39, 0.29) is 5.92 Å². The first-order valence-electron chi connectivity index (χ1n) is 8.18. The fraction of sp³-hybridized carbons (Fsp3) is 0.600.